The van der Waals surface area contributed by atoms with Crippen LogP contribution in [0.1, 0.15) is 33.1 Å². The van der Waals surface area contributed by atoms with Crippen molar-refractivity contribution in [2.24, 2.45) is 5.92 Å². The molecule has 1 heterocycles. The first-order valence-corrected chi connectivity index (χ1v) is 6.26. The van der Waals surface area contributed by atoms with E-state index in [4.69, 9.17) is 9.84 Å². The van der Waals surface area contributed by atoms with Crippen LogP contribution in [-0.2, 0) is 14.3 Å². The summed E-state index contributed by atoms with van der Waals surface area (Å²) in [5.74, 6) is -0.291. The fraction of sp³-hybridized carbons (Fsp3) is 0.769. The molecule has 0 aromatic carbocycles. The predicted octanol–water partition coefficient (Wildman–Crippen LogP) is 0.992. The molecule has 0 unspecified atom stereocenters. The molecule has 0 aromatic rings. The summed E-state index contributed by atoms with van der Waals surface area (Å²) in [6, 6.07) is 0. The Bertz CT molecular complexity index is 325. The Morgan fingerprint density at radius 1 is 1.72 bits per heavy atom. The molecule has 0 bridgehead atoms. The van der Waals surface area contributed by atoms with E-state index in [0.29, 0.717) is 6.42 Å². The van der Waals surface area contributed by atoms with Gasteiger partial charge >= 0.3 is 5.97 Å². The van der Waals surface area contributed by atoms with Crippen molar-refractivity contribution < 1.29 is 24.5 Å². The predicted molar refractivity (Wildman–Crippen MR) is 65.7 cm³/mol. The normalized spacial score (nSPS) is 29.2. The lowest BCUT2D eigenvalue weighted by molar-refractivity contribution is -0.161. The minimum atomic E-state index is -0.865. The molecule has 2 N–H and O–H groups in total. The summed E-state index contributed by atoms with van der Waals surface area (Å²) in [6.45, 7) is 3.67. The smallest absolute Gasteiger partial charge is 0.372 e. The molecule has 5 heteroatoms. The zero-order valence-corrected chi connectivity index (χ0v) is 11.2. The van der Waals surface area contributed by atoms with E-state index in [2.05, 4.69) is 4.74 Å². The molecule has 0 spiro atoms. The van der Waals surface area contributed by atoms with Crippen molar-refractivity contribution in [3.05, 3.63) is 11.8 Å². The molecule has 0 saturated heterocycles. The number of ether oxygens (including phenoxy) is 2. The average Bonchev–Trinajstić information content (AvgIpc) is 2.37. The molecule has 3 atom stereocenters. The number of aliphatic hydroxyl groups excluding tert-OH is 2. The van der Waals surface area contributed by atoms with Crippen LogP contribution in [0.4, 0.5) is 0 Å². The highest BCUT2D eigenvalue weighted by Crippen LogP contribution is 2.38. The summed E-state index contributed by atoms with van der Waals surface area (Å²) in [5.41, 5.74) is -0.865. The van der Waals surface area contributed by atoms with E-state index in [1.54, 1.807) is 13.0 Å². The lowest BCUT2D eigenvalue weighted by atomic mass is 9.77. The van der Waals surface area contributed by atoms with E-state index in [1.165, 1.54) is 7.11 Å². The zero-order chi connectivity index (χ0) is 13.8. The summed E-state index contributed by atoms with van der Waals surface area (Å²) in [7, 11) is 1.29. The molecular formula is C13H22O5. The van der Waals surface area contributed by atoms with Gasteiger partial charge < -0.3 is 19.7 Å². The Balaban J connectivity index is 2.93. The third-order valence-electron chi connectivity index (χ3n) is 3.67. The maximum absolute atomic E-state index is 11.5. The second kappa shape index (κ2) is 6.20. The Morgan fingerprint density at radius 3 is 2.89 bits per heavy atom. The number of hydrogen-bond donors (Lipinski definition) is 2. The van der Waals surface area contributed by atoms with Gasteiger partial charge in [-0.05, 0) is 25.8 Å². The van der Waals surface area contributed by atoms with Crippen LogP contribution >= 0.6 is 0 Å². The number of rotatable bonds is 5. The Hall–Kier alpha value is -1.07. The SMILES string of the molecule is CC[C@@H]1CC=C(C(=O)OC)O[C@@]1(C)[C@H](O)CCO. The largest absolute Gasteiger partial charge is 0.477 e. The number of allylic oxidation sites excluding steroid dienone is 1. The summed E-state index contributed by atoms with van der Waals surface area (Å²) in [5, 5.41) is 19.1. The van der Waals surface area contributed by atoms with E-state index >= 15 is 0 Å². The van der Waals surface area contributed by atoms with Crippen LogP contribution in [0.25, 0.3) is 0 Å². The van der Waals surface area contributed by atoms with Gasteiger partial charge in [-0.1, -0.05) is 6.92 Å². The van der Waals surface area contributed by atoms with Gasteiger partial charge in [0.15, 0.2) is 0 Å². The van der Waals surface area contributed by atoms with Gasteiger partial charge in [0, 0.05) is 18.9 Å². The molecule has 104 valence electrons. The maximum atomic E-state index is 11.5. The molecule has 1 rings (SSSR count). The molecular weight excluding hydrogens is 236 g/mol. The van der Waals surface area contributed by atoms with Gasteiger partial charge in [0.05, 0.1) is 13.2 Å². The third-order valence-corrected chi connectivity index (χ3v) is 3.67. The van der Waals surface area contributed by atoms with Gasteiger partial charge in [0.1, 0.15) is 5.60 Å². The molecule has 0 amide bonds. The third kappa shape index (κ3) is 2.84. The van der Waals surface area contributed by atoms with Crippen molar-refractivity contribution in [2.75, 3.05) is 13.7 Å². The number of carbonyl (C=O) groups excluding carboxylic acids is 1. The van der Waals surface area contributed by atoms with E-state index in [0.717, 1.165) is 6.42 Å². The molecule has 0 aliphatic carbocycles. The van der Waals surface area contributed by atoms with Crippen molar-refractivity contribution in [3.63, 3.8) is 0 Å². The molecule has 0 aromatic heterocycles. The number of carbonyl (C=O) groups is 1. The van der Waals surface area contributed by atoms with Gasteiger partial charge in [0.25, 0.3) is 0 Å². The summed E-state index contributed by atoms with van der Waals surface area (Å²) >= 11 is 0. The minimum absolute atomic E-state index is 0.104. The van der Waals surface area contributed by atoms with Gasteiger partial charge in [-0.25, -0.2) is 4.79 Å². The topological polar surface area (TPSA) is 76.0 Å². The molecule has 0 radical (unpaired) electrons. The number of methoxy groups -OCH3 is 1. The number of esters is 1. The monoisotopic (exact) mass is 258 g/mol. The first-order chi connectivity index (χ1) is 8.49. The van der Waals surface area contributed by atoms with E-state index < -0.39 is 17.7 Å². The van der Waals surface area contributed by atoms with E-state index in [-0.39, 0.29) is 24.7 Å². The molecule has 0 saturated carbocycles. The molecule has 5 nitrogen and oxygen atoms in total. The number of aliphatic hydroxyl groups is 2. The molecule has 1 aliphatic heterocycles. The van der Waals surface area contributed by atoms with Gasteiger partial charge in [0.2, 0.25) is 5.76 Å². The second-order valence-electron chi connectivity index (χ2n) is 4.71. The van der Waals surface area contributed by atoms with Crippen LogP contribution in [-0.4, -0.2) is 41.6 Å². The minimum Gasteiger partial charge on any atom is -0.477 e. The van der Waals surface area contributed by atoms with Crippen LogP contribution in [0.3, 0.4) is 0 Å². The van der Waals surface area contributed by atoms with Crippen LogP contribution in [0.15, 0.2) is 11.8 Å². The Kier molecular flexibility index (Phi) is 5.16. The van der Waals surface area contributed by atoms with Crippen LogP contribution in [0, 0.1) is 5.92 Å². The number of hydrogen-bond acceptors (Lipinski definition) is 5. The summed E-state index contributed by atoms with van der Waals surface area (Å²) in [4.78, 5) is 11.5. The van der Waals surface area contributed by atoms with E-state index in [1.807, 2.05) is 6.92 Å². The van der Waals surface area contributed by atoms with Crippen LogP contribution in [0.2, 0.25) is 0 Å². The average molecular weight is 258 g/mol. The summed E-state index contributed by atoms with van der Waals surface area (Å²) in [6.07, 6.45) is 2.58. The van der Waals surface area contributed by atoms with Crippen molar-refractivity contribution in [1.29, 1.82) is 0 Å². The van der Waals surface area contributed by atoms with Gasteiger partial charge in [-0.2, -0.15) is 0 Å². The Labute approximate surface area is 107 Å². The van der Waals surface area contributed by atoms with Crippen molar-refractivity contribution in [2.45, 2.75) is 44.8 Å². The van der Waals surface area contributed by atoms with Gasteiger partial charge in [-0.15, -0.1) is 0 Å². The maximum Gasteiger partial charge on any atom is 0.372 e. The highest BCUT2D eigenvalue weighted by Gasteiger charge is 2.45. The van der Waals surface area contributed by atoms with Crippen molar-refractivity contribution in [3.8, 4) is 0 Å². The van der Waals surface area contributed by atoms with Gasteiger partial charge in [-0.3, -0.25) is 0 Å². The first kappa shape index (κ1) is 15.0. The Morgan fingerprint density at radius 2 is 2.39 bits per heavy atom. The summed E-state index contributed by atoms with van der Waals surface area (Å²) < 4.78 is 10.3. The molecule has 1 aliphatic rings. The second-order valence-corrected chi connectivity index (χ2v) is 4.71. The molecule has 18 heavy (non-hydrogen) atoms. The van der Waals surface area contributed by atoms with Crippen LogP contribution < -0.4 is 0 Å². The lowest BCUT2D eigenvalue weighted by Crippen LogP contribution is -2.50. The first-order valence-electron chi connectivity index (χ1n) is 6.26. The van der Waals surface area contributed by atoms with Crippen molar-refractivity contribution >= 4 is 5.97 Å². The van der Waals surface area contributed by atoms with Crippen molar-refractivity contribution in [1.82, 2.24) is 0 Å². The van der Waals surface area contributed by atoms with Crippen LogP contribution in [0.5, 0.6) is 0 Å². The zero-order valence-electron chi connectivity index (χ0n) is 11.2. The fourth-order valence-electron chi connectivity index (χ4n) is 2.39. The highest BCUT2D eigenvalue weighted by molar-refractivity contribution is 5.86. The van der Waals surface area contributed by atoms with E-state index in [9.17, 15) is 9.90 Å². The standard InChI is InChI=1S/C13H22O5/c1-4-9-5-6-10(12(16)17-3)18-13(9,2)11(15)7-8-14/h6,9,11,14-15H,4-5,7-8H2,1-3H3/t9-,11-,13-/m1/s1. The fourth-order valence-corrected chi connectivity index (χ4v) is 2.39. The molecule has 0 fully saturated rings. The highest BCUT2D eigenvalue weighted by atomic mass is 16.6. The quantitative estimate of drug-likeness (QED) is 0.719. The lowest BCUT2D eigenvalue weighted by Gasteiger charge is -2.43.